The summed E-state index contributed by atoms with van der Waals surface area (Å²) >= 11 is 0. The van der Waals surface area contributed by atoms with Gasteiger partial charge in [-0.15, -0.1) is 0 Å². The highest BCUT2D eigenvalue weighted by Crippen LogP contribution is 2.22. The highest BCUT2D eigenvalue weighted by molar-refractivity contribution is 5.79. The smallest absolute Gasteiger partial charge is 0.228 e. The van der Waals surface area contributed by atoms with Crippen LogP contribution in [0.3, 0.4) is 0 Å². The maximum absolute atomic E-state index is 12.7. The summed E-state index contributed by atoms with van der Waals surface area (Å²) in [5, 5.41) is 0. The second kappa shape index (κ2) is 8.10. The van der Waals surface area contributed by atoms with Crippen LogP contribution in [0.25, 0.3) is 0 Å². The van der Waals surface area contributed by atoms with E-state index in [9.17, 15) is 4.79 Å². The van der Waals surface area contributed by atoms with E-state index in [0.29, 0.717) is 12.6 Å². The highest BCUT2D eigenvalue weighted by Gasteiger charge is 2.33. The van der Waals surface area contributed by atoms with Gasteiger partial charge in [-0.3, -0.25) is 9.69 Å². The topological polar surface area (TPSA) is 61.8 Å². The Hall–Kier alpha value is -1.73. The van der Waals surface area contributed by atoms with Gasteiger partial charge in [0, 0.05) is 65.7 Å². The van der Waals surface area contributed by atoms with Crippen LogP contribution in [0.1, 0.15) is 18.7 Å². The van der Waals surface area contributed by atoms with Gasteiger partial charge in [0.25, 0.3) is 0 Å². The number of aryl methyl sites for hydroxylation is 1. The third-order valence-electron chi connectivity index (χ3n) is 5.14. The van der Waals surface area contributed by atoms with E-state index in [1.165, 1.54) is 0 Å². The number of nitrogens with zero attached hydrogens (tertiary/aromatic N) is 5. The van der Waals surface area contributed by atoms with Crippen LogP contribution < -0.4 is 4.90 Å². The molecule has 2 aliphatic rings. The van der Waals surface area contributed by atoms with Crippen LogP contribution in [0.4, 0.5) is 5.82 Å². The van der Waals surface area contributed by atoms with Crippen LogP contribution in [-0.4, -0.2) is 85.2 Å². The molecule has 0 N–H and O–H groups in total. The molecule has 0 unspecified atom stereocenters. The summed E-state index contributed by atoms with van der Waals surface area (Å²) < 4.78 is 5.51. The van der Waals surface area contributed by atoms with E-state index in [2.05, 4.69) is 19.8 Å². The Labute approximate surface area is 150 Å². The third kappa shape index (κ3) is 4.46. The highest BCUT2D eigenvalue weighted by atomic mass is 16.5. The lowest BCUT2D eigenvalue weighted by Crippen LogP contribution is -2.45. The molecule has 0 aliphatic carbocycles. The number of hydrogen-bond donors (Lipinski definition) is 0. The normalized spacial score (nSPS) is 23.3. The molecule has 1 aromatic rings. The zero-order valence-corrected chi connectivity index (χ0v) is 15.5. The van der Waals surface area contributed by atoms with Crippen molar-refractivity contribution in [1.29, 1.82) is 0 Å². The number of hydrogen-bond acceptors (Lipinski definition) is 6. The minimum Gasteiger partial charge on any atom is -0.381 e. The maximum Gasteiger partial charge on any atom is 0.228 e. The van der Waals surface area contributed by atoms with Crippen LogP contribution in [0, 0.1) is 12.8 Å². The number of ether oxygens (including phenoxy) is 1. The first-order valence-corrected chi connectivity index (χ1v) is 9.12. The molecule has 3 heterocycles. The van der Waals surface area contributed by atoms with Crippen molar-refractivity contribution in [1.82, 2.24) is 19.8 Å². The van der Waals surface area contributed by atoms with Crippen molar-refractivity contribution >= 4 is 11.7 Å². The minimum atomic E-state index is -0.0457. The Morgan fingerprint density at radius 2 is 2.00 bits per heavy atom. The quantitative estimate of drug-likeness (QED) is 0.806. The van der Waals surface area contributed by atoms with Gasteiger partial charge in [-0.2, -0.15) is 0 Å². The fourth-order valence-electron chi connectivity index (χ4n) is 3.77. The molecule has 2 fully saturated rings. The molecule has 1 amide bonds. The van der Waals surface area contributed by atoms with Gasteiger partial charge >= 0.3 is 0 Å². The van der Waals surface area contributed by atoms with E-state index >= 15 is 0 Å². The van der Waals surface area contributed by atoms with E-state index < -0.39 is 0 Å². The minimum absolute atomic E-state index is 0.0457. The molecule has 0 aromatic carbocycles. The average molecular weight is 347 g/mol. The predicted octanol–water partition coefficient (Wildman–Crippen LogP) is 0.790. The van der Waals surface area contributed by atoms with E-state index in [1.54, 1.807) is 11.1 Å². The zero-order chi connectivity index (χ0) is 17.8. The van der Waals surface area contributed by atoms with Crippen molar-refractivity contribution in [2.45, 2.75) is 25.8 Å². The lowest BCUT2D eigenvalue weighted by atomic mass is 10.0. The zero-order valence-electron chi connectivity index (χ0n) is 15.5. The van der Waals surface area contributed by atoms with Crippen LogP contribution in [0.2, 0.25) is 0 Å². The number of amides is 1. The van der Waals surface area contributed by atoms with Crippen LogP contribution in [0.15, 0.2) is 12.3 Å². The molecule has 7 heteroatoms. The van der Waals surface area contributed by atoms with Crippen LogP contribution >= 0.6 is 0 Å². The van der Waals surface area contributed by atoms with Gasteiger partial charge in [0.2, 0.25) is 5.91 Å². The number of carbonyl (C=O) groups is 1. The van der Waals surface area contributed by atoms with Crippen molar-refractivity contribution in [3.05, 3.63) is 18.1 Å². The predicted molar refractivity (Wildman–Crippen MR) is 96.6 cm³/mol. The second-order valence-electron chi connectivity index (χ2n) is 7.18. The summed E-state index contributed by atoms with van der Waals surface area (Å²) in [5.41, 5.74) is 0. The van der Waals surface area contributed by atoms with Gasteiger partial charge in [-0.25, -0.2) is 9.97 Å². The molecule has 2 saturated heterocycles. The van der Waals surface area contributed by atoms with Gasteiger partial charge in [0.1, 0.15) is 11.6 Å². The molecule has 1 atom stereocenters. The largest absolute Gasteiger partial charge is 0.381 e. The first-order chi connectivity index (χ1) is 12.0. The van der Waals surface area contributed by atoms with Gasteiger partial charge in [-0.05, 0) is 25.8 Å². The fourth-order valence-corrected chi connectivity index (χ4v) is 3.77. The first-order valence-electron chi connectivity index (χ1n) is 9.12. The maximum atomic E-state index is 12.7. The summed E-state index contributed by atoms with van der Waals surface area (Å²) in [5.74, 6) is 1.82. The molecular formula is C18H29N5O2. The second-order valence-corrected chi connectivity index (χ2v) is 7.18. The first kappa shape index (κ1) is 18.1. The van der Waals surface area contributed by atoms with Gasteiger partial charge in [0.15, 0.2) is 0 Å². The molecule has 25 heavy (non-hydrogen) atoms. The number of rotatable bonds is 3. The Morgan fingerprint density at radius 1 is 1.24 bits per heavy atom. The molecule has 0 bridgehead atoms. The van der Waals surface area contributed by atoms with Crippen LogP contribution in [0.5, 0.6) is 0 Å². The van der Waals surface area contributed by atoms with E-state index in [1.807, 2.05) is 27.1 Å². The SMILES string of the molecule is Cc1nccc(N2CCN(C3CCOCC3)C[C@@H](C(=O)N(C)C)C2)n1. The number of anilines is 1. The number of carbonyl (C=O) groups excluding carboxylic acids is 1. The van der Waals surface area contributed by atoms with Crippen molar-refractivity contribution < 1.29 is 9.53 Å². The average Bonchev–Trinajstić information content (AvgIpc) is 2.85. The van der Waals surface area contributed by atoms with Crippen molar-refractivity contribution in [2.24, 2.45) is 5.92 Å². The molecule has 0 saturated carbocycles. The standard InChI is InChI=1S/C18H29N5O2/c1-14-19-7-4-17(20-14)23-9-8-22(16-5-10-25-11-6-16)12-15(13-23)18(24)21(2)3/h4,7,15-16H,5-6,8-13H2,1-3H3/t15-/m1/s1. The van der Waals surface area contributed by atoms with Gasteiger partial charge in [-0.1, -0.05) is 0 Å². The fraction of sp³-hybridized carbons (Fsp3) is 0.722. The molecule has 138 valence electrons. The Morgan fingerprint density at radius 3 is 2.68 bits per heavy atom. The van der Waals surface area contributed by atoms with Gasteiger partial charge in [0.05, 0.1) is 5.92 Å². The molecular weight excluding hydrogens is 318 g/mol. The van der Waals surface area contributed by atoms with Crippen molar-refractivity contribution in [3.63, 3.8) is 0 Å². The summed E-state index contributed by atoms with van der Waals surface area (Å²) in [6.45, 7) is 6.88. The van der Waals surface area contributed by atoms with E-state index in [4.69, 9.17) is 4.74 Å². The number of aromatic nitrogens is 2. The Kier molecular flexibility index (Phi) is 5.86. The molecule has 0 radical (unpaired) electrons. The van der Waals surface area contributed by atoms with Crippen molar-refractivity contribution in [2.75, 3.05) is 58.4 Å². The monoisotopic (exact) mass is 347 g/mol. The van der Waals surface area contributed by atoms with Crippen molar-refractivity contribution in [3.8, 4) is 0 Å². The lowest BCUT2D eigenvalue weighted by Gasteiger charge is -2.34. The molecule has 7 nitrogen and oxygen atoms in total. The third-order valence-corrected chi connectivity index (χ3v) is 5.14. The summed E-state index contributed by atoms with van der Waals surface area (Å²) in [4.78, 5) is 27.9. The van der Waals surface area contributed by atoms with Gasteiger partial charge < -0.3 is 14.5 Å². The Bertz CT molecular complexity index is 589. The summed E-state index contributed by atoms with van der Waals surface area (Å²) in [6.07, 6.45) is 3.90. The summed E-state index contributed by atoms with van der Waals surface area (Å²) in [6, 6.07) is 2.45. The lowest BCUT2D eigenvalue weighted by molar-refractivity contribution is -0.133. The molecule has 2 aliphatic heterocycles. The summed E-state index contributed by atoms with van der Waals surface area (Å²) in [7, 11) is 3.68. The Balaban J connectivity index is 1.80. The van der Waals surface area contributed by atoms with Crippen LogP contribution in [-0.2, 0) is 9.53 Å². The molecule has 0 spiro atoms. The molecule has 1 aromatic heterocycles. The van der Waals surface area contributed by atoms with E-state index in [0.717, 1.165) is 57.3 Å². The van der Waals surface area contributed by atoms with E-state index in [-0.39, 0.29) is 11.8 Å². The molecule has 3 rings (SSSR count).